The van der Waals surface area contributed by atoms with E-state index in [1.54, 1.807) is 7.11 Å². The lowest BCUT2D eigenvalue weighted by molar-refractivity contribution is -0.148. The van der Waals surface area contributed by atoms with Gasteiger partial charge >= 0.3 is 5.97 Å². The fraction of sp³-hybridized carbons (Fsp3) is 0.957. The van der Waals surface area contributed by atoms with Crippen molar-refractivity contribution in [1.29, 1.82) is 0 Å². The first-order valence-corrected chi connectivity index (χ1v) is 11.4. The standard InChI is InChI=1S/C23H44O2/c1-3-4-5-6-7-8-9-10-11-12-13-17-20-22(23(24)25-2)21-18-15-14-16-19-21/h21-22H,3-20H2,1-2H3. The topological polar surface area (TPSA) is 26.3 Å². The maximum atomic E-state index is 12.1. The van der Waals surface area contributed by atoms with Gasteiger partial charge in [-0.1, -0.05) is 103 Å². The number of methoxy groups -OCH3 is 1. The SMILES string of the molecule is CCCCCCCCCCCCCCC(C(=O)OC)C1CCCCC1. The largest absolute Gasteiger partial charge is 0.469 e. The third-order valence-corrected chi connectivity index (χ3v) is 6.09. The van der Waals surface area contributed by atoms with Gasteiger partial charge < -0.3 is 4.74 Å². The Balaban J connectivity index is 1.99. The van der Waals surface area contributed by atoms with E-state index in [1.807, 2.05) is 0 Å². The minimum absolute atomic E-state index is 0.0509. The van der Waals surface area contributed by atoms with E-state index in [0.717, 1.165) is 6.42 Å². The summed E-state index contributed by atoms with van der Waals surface area (Å²) in [5.74, 6) is 0.817. The van der Waals surface area contributed by atoms with Gasteiger partial charge in [0, 0.05) is 0 Å². The third-order valence-electron chi connectivity index (χ3n) is 6.09. The van der Waals surface area contributed by atoms with Crippen LogP contribution in [0.5, 0.6) is 0 Å². The number of esters is 1. The second-order valence-corrected chi connectivity index (χ2v) is 8.21. The Morgan fingerprint density at radius 3 is 1.76 bits per heavy atom. The predicted molar refractivity (Wildman–Crippen MR) is 108 cm³/mol. The zero-order chi connectivity index (χ0) is 18.2. The highest BCUT2D eigenvalue weighted by Gasteiger charge is 2.29. The fourth-order valence-electron chi connectivity index (χ4n) is 4.44. The van der Waals surface area contributed by atoms with Gasteiger partial charge in [-0.15, -0.1) is 0 Å². The number of carbonyl (C=O) groups is 1. The second kappa shape index (κ2) is 15.7. The van der Waals surface area contributed by atoms with Gasteiger partial charge in [-0.05, 0) is 25.2 Å². The van der Waals surface area contributed by atoms with Crippen molar-refractivity contribution in [1.82, 2.24) is 0 Å². The lowest BCUT2D eigenvalue weighted by Gasteiger charge is -2.28. The molecule has 1 fully saturated rings. The van der Waals surface area contributed by atoms with Gasteiger partial charge in [0.05, 0.1) is 13.0 Å². The van der Waals surface area contributed by atoms with Crippen molar-refractivity contribution in [2.45, 2.75) is 122 Å². The van der Waals surface area contributed by atoms with Crippen LogP contribution in [0.15, 0.2) is 0 Å². The first-order valence-electron chi connectivity index (χ1n) is 11.4. The van der Waals surface area contributed by atoms with Gasteiger partial charge in [0.25, 0.3) is 0 Å². The molecule has 1 aliphatic carbocycles. The first-order chi connectivity index (χ1) is 12.3. The molecule has 0 aromatic carbocycles. The van der Waals surface area contributed by atoms with Gasteiger partial charge in [-0.25, -0.2) is 0 Å². The van der Waals surface area contributed by atoms with E-state index >= 15 is 0 Å². The van der Waals surface area contributed by atoms with Gasteiger partial charge in [0.1, 0.15) is 0 Å². The Morgan fingerprint density at radius 2 is 1.28 bits per heavy atom. The Labute approximate surface area is 157 Å². The van der Waals surface area contributed by atoms with Gasteiger partial charge in [0.2, 0.25) is 0 Å². The smallest absolute Gasteiger partial charge is 0.308 e. The van der Waals surface area contributed by atoms with E-state index in [-0.39, 0.29) is 11.9 Å². The Hall–Kier alpha value is -0.530. The molecule has 0 N–H and O–H groups in total. The predicted octanol–water partition coefficient (Wildman–Crippen LogP) is 7.45. The molecule has 1 aliphatic rings. The molecule has 0 saturated heterocycles. The number of carbonyl (C=O) groups excluding carboxylic acids is 1. The van der Waals surface area contributed by atoms with E-state index in [4.69, 9.17) is 4.74 Å². The molecule has 0 spiro atoms. The van der Waals surface area contributed by atoms with Crippen LogP contribution < -0.4 is 0 Å². The quantitative estimate of drug-likeness (QED) is 0.226. The van der Waals surface area contributed by atoms with Crippen LogP contribution in [0, 0.1) is 11.8 Å². The van der Waals surface area contributed by atoms with E-state index < -0.39 is 0 Å². The maximum Gasteiger partial charge on any atom is 0.308 e. The lowest BCUT2D eigenvalue weighted by atomic mass is 9.78. The van der Waals surface area contributed by atoms with Crippen molar-refractivity contribution >= 4 is 5.97 Å². The summed E-state index contributed by atoms with van der Waals surface area (Å²) in [6.45, 7) is 2.28. The van der Waals surface area contributed by atoms with Gasteiger partial charge in [0.15, 0.2) is 0 Å². The minimum Gasteiger partial charge on any atom is -0.469 e. The normalized spacial score (nSPS) is 16.7. The summed E-state index contributed by atoms with van der Waals surface area (Å²) in [6.07, 6.45) is 24.0. The molecule has 0 aromatic rings. The molecule has 1 rings (SSSR count). The molecule has 1 saturated carbocycles. The first kappa shape index (κ1) is 22.5. The van der Waals surface area contributed by atoms with Crippen molar-refractivity contribution < 1.29 is 9.53 Å². The van der Waals surface area contributed by atoms with Crippen LogP contribution >= 0.6 is 0 Å². The van der Waals surface area contributed by atoms with Crippen LogP contribution in [0.25, 0.3) is 0 Å². The van der Waals surface area contributed by atoms with Gasteiger partial charge in [-0.3, -0.25) is 4.79 Å². The maximum absolute atomic E-state index is 12.1. The molecule has 148 valence electrons. The van der Waals surface area contributed by atoms with Crippen molar-refractivity contribution in [2.24, 2.45) is 11.8 Å². The summed E-state index contributed by atoms with van der Waals surface area (Å²) < 4.78 is 5.08. The number of unbranched alkanes of at least 4 members (excludes halogenated alkanes) is 11. The molecule has 2 nitrogen and oxygen atoms in total. The van der Waals surface area contributed by atoms with Crippen LogP contribution in [0.3, 0.4) is 0 Å². The van der Waals surface area contributed by atoms with Crippen molar-refractivity contribution in [3.63, 3.8) is 0 Å². The summed E-state index contributed by atoms with van der Waals surface area (Å²) in [6, 6.07) is 0. The monoisotopic (exact) mass is 352 g/mol. The second-order valence-electron chi connectivity index (χ2n) is 8.21. The van der Waals surface area contributed by atoms with Crippen molar-refractivity contribution in [2.75, 3.05) is 7.11 Å². The van der Waals surface area contributed by atoms with Crippen LogP contribution in [0.4, 0.5) is 0 Å². The molecule has 2 heteroatoms. The Kier molecular flexibility index (Phi) is 14.1. The lowest BCUT2D eigenvalue weighted by Crippen LogP contribution is -2.26. The average molecular weight is 353 g/mol. The molecular weight excluding hydrogens is 308 g/mol. The number of ether oxygens (including phenoxy) is 1. The summed E-state index contributed by atoms with van der Waals surface area (Å²) in [5, 5.41) is 0. The molecular formula is C23H44O2. The molecule has 0 bridgehead atoms. The van der Waals surface area contributed by atoms with E-state index in [0.29, 0.717) is 5.92 Å². The van der Waals surface area contributed by atoms with Crippen molar-refractivity contribution in [3.05, 3.63) is 0 Å². The molecule has 0 aromatic heterocycles. The molecule has 0 aliphatic heterocycles. The highest BCUT2D eigenvalue weighted by molar-refractivity contribution is 5.72. The van der Waals surface area contributed by atoms with Gasteiger partial charge in [-0.2, -0.15) is 0 Å². The Morgan fingerprint density at radius 1 is 0.800 bits per heavy atom. The molecule has 1 unspecified atom stereocenters. The third kappa shape index (κ3) is 10.9. The zero-order valence-corrected chi connectivity index (χ0v) is 17.2. The number of hydrogen-bond acceptors (Lipinski definition) is 2. The number of hydrogen-bond donors (Lipinski definition) is 0. The summed E-state index contributed by atoms with van der Waals surface area (Å²) >= 11 is 0. The summed E-state index contributed by atoms with van der Waals surface area (Å²) in [7, 11) is 1.56. The Bertz CT molecular complexity index is 307. The van der Waals surface area contributed by atoms with E-state index in [9.17, 15) is 4.79 Å². The zero-order valence-electron chi connectivity index (χ0n) is 17.2. The highest BCUT2D eigenvalue weighted by atomic mass is 16.5. The van der Waals surface area contributed by atoms with Crippen molar-refractivity contribution in [3.8, 4) is 0 Å². The van der Waals surface area contributed by atoms with E-state index in [1.165, 1.54) is 109 Å². The molecule has 0 amide bonds. The average Bonchev–Trinajstić information content (AvgIpc) is 2.66. The summed E-state index contributed by atoms with van der Waals surface area (Å²) in [5.41, 5.74) is 0. The van der Waals surface area contributed by atoms with Crippen LogP contribution in [0.1, 0.15) is 122 Å². The van der Waals surface area contributed by atoms with E-state index in [2.05, 4.69) is 6.92 Å². The molecule has 25 heavy (non-hydrogen) atoms. The van der Waals surface area contributed by atoms with Crippen LogP contribution in [-0.4, -0.2) is 13.1 Å². The molecule has 0 heterocycles. The molecule has 1 atom stereocenters. The minimum atomic E-state index is 0.0509. The summed E-state index contributed by atoms with van der Waals surface area (Å²) in [4.78, 5) is 12.1. The highest BCUT2D eigenvalue weighted by Crippen LogP contribution is 2.33. The van der Waals surface area contributed by atoms with Crippen LogP contribution in [-0.2, 0) is 9.53 Å². The molecule has 0 radical (unpaired) electrons. The fourth-order valence-corrected chi connectivity index (χ4v) is 4.44. The number of rotatable bonds is 15. The van der Waals surface area contributed by atoms with Crippen LogP contribution in [0.2, 0.25) is 0 Å².